The van der Waals surface area contributed by atoms with Gasteiger partial charge in [0.25, 0.3) is 5.91 Å². The van der Waals surface area contributed by atoms with Crippen LogP contribution in [0.1, 0.15) is 18.1 Å². The number of benzene rings is 3. The van der Waals surface area contributed by atoms with Crippen molar-refractivity contribution in [3.8, 4) is 5.75 Å². The monoisotopic (exact) mass is 434 g/mol. The first-order chi connectivity index (χ1) is 15.4. The van der Waals surface area contributed by atoms with E-state index in [0.717, 1.165) is 32.5 Å². The number of imide groups is 1. The number of hydrogen-bond donors (Lipinski definition) is 2. The molecule has 1 aliphatic rings. The zero-order valence-corrected chi connectivity index (χ0v) is 18.1. The number of methoxy groups -OCH3 is 1. The molecule has 3 aromatic carbocycles. The number of fused-ring (bicyclic) bond motifs is 1. The summed E-state index contributed by atoms with van der Waals surface area (Å²) >= 11 is 0. The van der Waals surface area contributed by atoms with Crippen molar-refractivity contribution >= 4 is 22.7 Å². The molecule has 32 heavy (non-hydrogen) atoms. The summed E-state index contributed by atoms with van der Waals surface area (Å²) < 4.78 is 10.8. The fraction of sp³-hybridized carbons (Fsp3) is 0.280. The van der Waals surface area contributed by atoms with Crippen molar-refractivity contribution in [3.05, 3.63) is 77.9 Å². The first kappa shape index (κ1) is 21.8. The van der Waals surface area contributed by atoms with Crippen molar-refractivity contribution in [1.82, 2.24) is 10.2 Å². The second-order valence-corrected chi connectivity index (χ2v) is 8.02. The van der Waals surface area contributed by atoms with Gasteiger partial charge < -0.3 is 19.9 Å². The zero-order valence-electron chi connectivity index (χ0n) is 18.1. The molecule has 0 aromatic heterocycles. The molecule has 0 unspecified atom stereocenters. The topological polar surface area (TPSA) is 88.1 Å². The van der Waals surface area contributed by atoms with Gasteiger partial charge in [-0.25, -0.2) is 4.79 Å². The van der Waals surface area contributed by atoms with E-state index in [1.165, 1.54) is 0 Å². The normalized spacial score (nSPS) is 19.3. The molecule has 2 atom stereocenters. The molecule has 7 heteroatoms. The van der Waals surface area contributed by atoms with E-state index in [1.807, 2.05) is 66.7 Å². The van der Waals surface area contributed by atoms with Gasteiger partial charge >= 0.3 is 6.03 Å². The standard InChI is InChI=1S/C25H26N2O5/c1-25(22-12-6-9-18-8-3-4-11-21(18)22)23(29)27(24(30)26-25)14-19(28)16-32-15-17-7-5-10-20(13-17)31-2/h3-13,19,28H,14-16H2,1-2H3,(H,26,30)/t19-,25-/m1/s1. The van der Waals surface area contributed by atoms with Crippen LogP contribution in [0.4, 0.5) is 4.79 Å². The summed E-state index contributed by atoms with van der Waals surface area (Å²) in [6.07, 6.45) is -1.01. The molecule has 0 radical (unpaired) electrons. The molecular weight excluding hydrogens is 408 g/mol. The first-order valence-corrected chi connectivity index (χ1v) is 10.4. The van der Waals surface area contributed by atoms with Gasteiger partial charge in [0.2, 0.25) is 0 Å². The molecule has 0 spiro atoms. The van der Waals surface area contributed by atoms with Gasteiger partial charge in [-0.05, 0) is 41.0 Å². The van der Waals surface area contributed by atoms with E-state index in [-0.39, 0.29) is 19.8 Å². The molecule has 1 heterocycles. The Morgan fingerprint density at radius 2 is 1.81 bits per heavy atom. The third-order valence-electron chi connectivity index (χ3n) is 5.71. The average molecular weight is 434 g/mol. The number of carbonyl (C=O) groups is 2. The van der Waals surface area contributed by atoms with Gasteiger partial charge in [-0.1, -0.05) is 54.6 Å². The lowest BCUT2D eigenvalue weighted by Gasteiger charge is -2.24. The number of carbonyl (C=O) groups excluding carboxylic acids is 2. The second kappa shape index (κ2) is 8.98. The number of urea groups is 1. The lowest BCUT2D eigenvalue weighted by Crippen LogP contribution is -2.42. The van der Waals surface area contributed by atoms with Gasteiger partial charge in [-0.2, -0.15) is 0 Å². The van der Waals surface area contributed by atoms with Crippen LogP contribution in [0.3, 0.4) is 0 Å². The number of hydrogen-bond acceptors (Lipinski definition) is 5. The highest BCUT2D eigenvalue weighted by Crippen LogP contribution is 2.33. The van der Waals surface area contributed by atoms with Gasteiger partial charge in [-0.3, -0.25) is 9.69 Å². The van der Waals surface area contributed by atoms with Crippen LogP contribution in [0.2, 0.25) is 0 Å². The van der Waals surface area contributed by atoms with Gasteiger partial charge in [0, 0.05) is 0 Å². The number of β-amino-alcohol motifs (C(OH)–C–C–N with tert-alkyl or cyclic N) is 1. The molecule has 166 valence electrons. The minimum Gasteiger partial charge on any atom is -0.497 e. The molecule has 2 N–H and O–H groups in total. The summed E-state index contributed by atoms with van der Waals surface area (Å²) in [5.41, 5.74) is 0.411. The Bertz CT molecular complexity index is 1140. The van der Waals surface area contributed by atoms with Crippen LogP contribution in [0, 0.1) is 0 Å². The Kier molecular flexibility index (Phi) is 6.12. The first-order valence-electron chi connectivity index (χ1n) is 10.4. The molecule has 3 aromatic rings. The maximum absolute atomic E-state index is 13.3. The van der Waals surface area contributed by atoms with Crippen LogP contribution >= 0.6 is 0 Å². The largest absolute Gasteiger partial charge is 0.497 e. The summed E-state index contributed by atoms with van der Waals surface area (Å²) in [4.78, 5) is 27.0. The third-order valence-corrected chi connectivity index (χ3v) is 5.71. The van der Waals surface area contributed by atoms with Gasteiger partial charge in [-0.15, -0.1) is 0 Å². The molecule has 3 amide bonds. The summed E-state index contributed by atoms with van der Waals surface area (Å²) in [6.45, 7) is 1.81. The molecular formula is C25H26N2O5. The van der Waals surface area contributed by atoms with Crippen molar-refractivity contribution in [2.45, 2.75) is 25.2 Å². The predicted octanol–water partition coefficient (Wildman–Crippen LogP) is 3.19. The molecule has 7 nitrogen and oxygen atoms in total. The van der Waals surface area contributed by atoms with E-state index in [4.69, 9.17) is 9.47 Å². The zero-order chi connectivity index (χ0) is 22.7. The number of nitrogens with one attached hydrogen (secondary N) is 1. The Morgan fingerprint density at radius 3 is 2.62 bits per heavy atom. The molecule has 1 fully saturated rings. The smallest absolute Gasteiger partial charge is 0.325 e. The van der Waals surface area contributed by atoms with E-state index in [0.29, 0.717) is 0 Å². The lowest BCUT2D eigenvalue weighted by atomic mass is 9.88. The van der Waals surface area contributed by atoms with Crippen LogP contribution < -0.4 is 10.1 Å². The summed E-state index contributed by atoms with van der Waals surface area (Å²) in [5.74, 6) is 0.324. The lowest BCUT2D eigenvalue weighted by molar-refractivity contribution is -0.132. The van der Waals surface area contributed by atoms with E-state index in [9.17, 15) is 14.7 Å². The predicted molar refractivity (Wildman–Crippen MR) is 120 cm³/mol. The molecule has 1 aliphatic heterocycles. The third kappa shape index (κ3) is 4.17. The van der Waals surface area contributed by atoms with E-state index in [1.54, 1.807) is 14.0 Å². The van der Waals surface area contributed by atoms with Crippen molar-refractivity contribution in [2.75, 3.05) is 20.3 Å². The van der Waals surface area contributed by atoms with Crippen LogP contribution in [0.15, 0.2) is 66.7 Å². The molecule has 0 aliphatic carbocycles. The Morgan fingerprint density at radius 1 is 1.06 bits per heavy atom. The highest BCUT2D eigenvalue weighted by Gasteiger charge is 2.49. The molecule has 0 saturated carbocycles. The van der Waals surface area contributed by atoms with Gasteiger partial charge in [0.05, 0.1) is 33.0 Å². The minimum absolute atomic E-state index is 0.0146. The maximum atomic E-state index is 13.3. The fourth-order valence-electron chi connectivity index (χ4n) is 4.05. The van der Waals surface area contributed by atoms with Crippen LogP contribution in [-0.2, 0) is 21.7 Å². The number of nitrogens with zero attached hydrogens (tertiary/aromatic N) is 1. The van der Waals surface area contributed by atoms with Crippen LogP contribution in [0.5, 0.6) is 5.75 Å². The maximum Gasteiger partial charge on any atom is 0.325 e. The number of aliphatic hydroxyl groups excluding tert-OH is 1. The SMILES string of the molecule is COc1cccc(COC[C@H](O)CN2C(=O)N[C@](C)(c3cccc4ccccc34)C2=O)c1. The van der Waals surface area contributed by atoms with Crippen molar-refractivity contribution < 1.29 is 24.2 Å². The molecule has 0 bridgehead atoms. The van der Waals surface area contributed by atoms with E-state index in [2.05, 4.69) is 5.32 Å². The molecule has 1 saturated heterocycles. The fourth-order valence-corrected chi connectivity index (χ4v) is 4.05. The van der Waals surface area contributed by atoms with Crippen LogP contribution in [-0.4, -0.2) is 48.3 Å². The Labute approximate surface area is 186 Å². The van der Waals surface area contributed by atoms with Crippen molar-refractivity contribution in [3.63, 3.8) is 0 Å². The second-order valence-electron chi connectivity index (χ2n) is 8.02. The highest BCUT2D eigenvalue weighted by molar-refractivity contribution is 6.09. The van der Waals surface area contributed by atoms with Gasteiger partial charge in [0.1, 0.15) is 11.3 Å². The average Bonchev–Trinajstić information content (AvgIpc) is 3.02. The summed E-state index contributed by atoms with van der Waals surface area (Å²) in [6, 6.07) is 20.3. The van der Waals surface area contributed by atoms with Crippen LogP contribution in [0.25, 0.3) is 10.8 Å². The number of rotatable bonds is 8. The van der Waals surface area contributed by atoms with Crippen molar-refractivity contribution in [1.29, 1.82) is 0 Å². The summed E-state index contributed by atoms with van der Waals surface area (Å²) in [5, 5.41) is 15.1. The Balaban J connectivity index is 1.42. The van der Waals surface area contributed by atoms with Gasteiger partial charge in [0.15, 0.2) is 0 Å². The Hall–Kier alpha value is -3.42. The number of amides is 3. The number of ether oxygens (including phenoxy) is 2. The van der Waals surface area contributed by atoms with Crippen molar-refractivity contribution in [2.24, 2.45) is 0 Å². The summed E-state index contributed by atoms with van der Waals surface area (Å²) in [7, 11) is 1.59. The quantitative estimate of drug-likeness (QED) is 0.532. The van der Waals surface area contributed by atoms with E-state index < -0.39 is 23.6 Å². The molecule has 4 rings (SSSR count). The number of aliphatic hydroxyl groups is 1. The highest BCUT2D eigenvalue weighted by atomic mass is 16.5. The van der Waals surface area contributed by atoms with E-state index >= 15 is 0 Å². The minimum atomic E-state index is -1.21.